The molecule has 0 heterocycles. The molecule has 6 nitrogen and oxygen atoms in total. The molecule has 21 heavy (non-hydrogen) atoms. The van der Waals surface area contributed by atoms with E-state index in [-0.39, 0.29) is 0 Å². The summed E-state index contributed by atoms with van der Waals surface area (Å²) in [6.45, 7) is 4.57. The number of hydrazine groups is 1. The molecule has 0 aromatic heterocycles. The van der Waals surface area contributed by atoms with Crippen molar-refractivity contribution < 1.29 is 17.5 Å². The first-order valence-corrected chi connectivity index (χ1v) is 9.34. The van der Waals surface area contributed by atoms with Crippen molar-refractivity contribution in [2.45, 2.75) is 90.9 Å². The van der Waals surface area contributed by atoms with Gasteiger partial charge in [-0.15, -0.1) is 0 Å². The molecule has 0 saturated carbocycles. The van der Waals surface area contributed by atoms with Crippen molar-refractivity contribution in [3.63, 3.8) is 0 Å². The van der Waals surface area contributed by atoms with E-state index < -0.39 is 10.4 Å². The quantitative estimate of drug-likeness (QED) is 0.197. The number of rotatable bonds is 11. The predicted octanol–water partition coefficient (Wildman–Crippen LogP) is 3.87. The van der Waals surface area contributed by atoms with E-state index in [1.54, 1.807) is 0 Å². The van der Waals surface area contributed by atoms with Crippen LogP contribution in [-0.2, 0) is 10.4 Å². The molecular weight excluding hydrogens is 292 g/mol. The Kier molecular flexibility index (Phi) is 27.0. The van der Waals surface area contributed by atoms with Gasteiger partial charge in [0, 0.05) is 0 Å². The second kappa shape index (κ2) is 22.1. The molecule has 0 spiro atoms. The SMILES string of the molecule is CCCCCCCCCCCCCC.NN.O=S(=O)(O)O. The molecule has 0 fully saturated rings. The molecule has 0 aromatic rings. The third kappa shape index (κ3) is 53.8. The van der Waals surface area contributed by atoms with Crippen molar-refractivity contribution in [1.82, 2.24) is 0 Å². The summed E-state index contributed by atoms with van der Waals surface area (Å²) in [5.41, 5.74) is 0. The van der Waals surface area contributed by atoms with Crippen molar-refractivity contribution in [3.8, 4) is 0 Å². The topological polar surface area (TPSA) is 127 Å². The van der Waals surface area contributed by atoms with E-state index in [1.807, 2.05) is 0 Å². The Morgan fingerprint density at radius 3 is 0.905 bits per heavy atom. The summed E-state index contributed by atoms with van der Waals surface area (Å²) >= 11 is 0. The molecule has 132 valence electrons. The zero-order valence-corrected chi connectivity index (χ0v) is 14.6. The van der Waals surface area contributed by atoms with Crippen molar-refractivity contribution in [1.29, 1.82) is 0 Å². The summed E-state index contributed by atoms with van der Waals surface area (Å²) < 4.78 is 31.6. The van der Waals surface area contributed by atoms with Crippen molar-refractivity contribution >= 4 is 10.4 Å². The molecule has 0 bridgehead atoms. The Balaban J connectivity index is -0.000000389. The van der Waals surface area contributed by atoms with E-state index >= 15 is 0 Å². The fraction of sp³-hybridized carbons (Fsp3) is 1.00. The first-order valence-electron chi connectivity index (χ1n) is 7.95. The summed E-state index contributed by atoms with van der Waals surface area (Å²) in [5.74, 6) is 8.00. The fourth-order valence-corrected chi connectivity index (χ4v) is 1.91. The van der Waals surface area contributed by atoms with Gasteiger partial charge in [-0.2, -0.15) is 8.42 Å². The molecule has 0 aliphatic carbocycles. The Morgan fingerprint density at radius 2 is 0.762 bits per heavy atom. The first-order chi connectivity index (χ1) is 9.91. The standard InChI is InChI=1S/C14H30.H4N2.H2O4S/c1-3-5-7-9-11-13-14-12-10-8-6-4-2;1-2;1-5(2,3)4/h3-14H2,1-2H3;1-2H2;(H2,1,2,3,4). The lowest BCUT2D eigenvalue weighted by Crippen LogP contribution is -2.02. The maximum Gasteiger partial charge on any atom is 0.394 e. The number of hydrogen-bond donors (Lipinski definition) is 4. The normalized spacial score (nSPS) is 10.2. The smallest absolute Gasteiger partial charge is 0.274 e. The monoisotopic (exact) mass is 328 g/mol. The zero-order chi connectivity index (χ0) is 17.0. The summed E-state index contributed by atoms with van der Waals surface area (Å²) in [6, 6.07) is 0. The Bertz CT molecular complexity index is 240. The number of hydrogen-bond acceptors (Lipinski definition) is 4. The average Bonchev–Trinajstić information content (AvgIpc) is 2.41. The van der Waals surface area contributed by atoms with Crippen molar-refractivity contribution in [2.75, 3.05) is 0 Å². The van der Waals surface area contributed by atoms with Crippen molar-refractivity contribution in [3.05, 3.63) is 0 Å². The molecule has 0 aliphatic rings. The van der Waals surface area contributed by atoms with Crippen LogP contribution in [0.4, 0.5) is 0 Å². The third-order valence-electron chi connectivity index (χ3n) is 2.96. The molecule has 0 aliphatic heterocycles. The van der Waals surface area contributed by atoms with Crippen LogP contribution in [0.2, 0.25) is 0 Å². The molecule has 0 unspecified atom stereocenters. The van der Waals surface area contributed by atoms with E-state index in [2.05, 4.69) is 25.5 Å². The highest BCUT2D eigenvalue weighted by atomic mass is 32.3. The van der Waals surface area contributed by atoms with Gasteiger partial charge >= 0.3 is 10.4 Å². The minimum atomic E-state index is -4.67. The van der Waals surface area contributed by atoms with Crippen LogP contribution in [0.1, 0.15) is 90.9 Å². The van der Waals surface area contributed by atoms with Crippen molar-refractivity contribution in [2.24, 2.45) is 11.7 Å². The molecule has 0 aromatic carbocycles. The number of unbranched alkanes of at least 4 members (excludes halogenated alkanes) is 11. The molecule has 0 atom stereocenters. The second-order valence-corrected chi connectivity index (χ2v) is 5.88. The molecule has 0 saturated heterocycles. The largest absolute Gasteiger partial charge is 0.394 e. The number of nitrogens with two attached hydrogens (primary N) is 2. The van der Waals surface area contributed by atoms with Gasteiger partial charge < -0.3 is 0 Å². The van der Waals surface area contributed by atoms with Crippen LogP contribution < -0.4 is 11.7 Å². The zero-order valence-electron chi connectivity index (χ0n) is 13.8. The van der Waals surface area contributed by atoms with Gasteiger partial charge in [-0.3, -0.25) is 20.8 Å². The van der Waals surface area contributed by atoms with Crippen LogP contribution in [0.15, 0.2) is 0 Å². The van der Waals surface area contributed by atoms with Crippen LogP contribution in [0.3, 0.4) is 0 Å². The van der Waals surface area contributed by atoms with E-state index in [0.717, 1.165) is 0 Å². The highest BCUT2D eigenvalue weighted by Gasteiger charge is 1.91. The lowest BCUT2D eigenvalue weighted by molar-refractivity contribution is 0.381. The van der Waals surface area contributed by atoms with Gasteiger partial charge in [0.15, 0.2) is 0 Å². The minimum absolute atomic E-state index is 1.37. The van der Waals surface area contributed by atoms with Gasteiger partial charge in [-0.05, 0) is 0 Å². The summed E-state index contributed by atoms with van der Waals surface area (Å²) in [5, 5.41) is 0. The van der Waals surface area contributed by atoms with Gasteiger partial charge in [-0.25, -0.2) is 0 Å². The molecular formula is C14H36N2O4S. The first kappa shape index (κ1) is 25.7. The summed E-state index contributed by atoms with van der Waals surface area (Å²) in [6.07, 6.45) is 17.4. The Labute approximate surface area is 131 Å². The maximum atomic E-state index is 8.74. The molecule has 0 rings (SSSR count). The van der Waals surface area contributed by atoms with Gasteiger partial charge in [-0.1, -0.05) is 90.9 Å². The lowest BCUT2D eigenvalue weighted by atomic mass is 10.1. The highest BCUT2D eigenvalue weighted by Crippen LogP contribution is 2.11. The molecule has 0 amide bonds. The average molecular weight is 329 g/mol. The van der Waals surface area contributed by atoms with Gasteiger partial charge in [0.05, 0.1) is 0 Å². The van der Waals surface area contributed by atoms with E-state index in [4.69, 9.17) is 17.5 Å². The minimum Gasteiger partial charge on any atom is -0.274 e. The fourth-order valence-electron chi connectivity index (χ4n) is 1.91. The molecule has 0 radical (unpaired) electrons. The van der Waals surface area contributed by atoms with E-state index in [1.165, 1.54) is 77.0 Å². The Morgan fingerprint density at radius 1 is 0.619 bits per heavy atom. The molecule has 7 heteroatoms. The van der Waals surface area contributed by atoms with E-state index in [9.17, 15) is 0 Å². The lowest BCUT2D eigenvalue weighted by Gasteiger charge is -2.01. The Hall–Kier alpha value is -0.210. The predicted molar refractivity (Wildman–Crippen MR) is 89.3 cm³/mol. The van der Waals surface area contributed by atoms with Gasteiger partial charge in [0.2, 0.25) is 0 Å². The van der Waals surface area contributed by atoms with Crippen LogP contribution >= 0.6 is 0 Å². The summed E-state index contributed by atoms with van der Waals surface area (Å²) in [7, 11) is -4.67. The third-order valence-corrected chi connectivity index (χ3v) is 2.96. The van der Waals surface area contributed by atoms with Crippen LogP contribution in [0, 0.1) is 0 Å². The van der Waals surface area contributed by atoms with Crippen LogP contribution in [0.5, 0.6) is 0 Å². The summed E-state index contributed by atoms with van der Waals surface area (Å²) in [4.78, 5) is 0. The van der Waals surface area contributed by atoms with Gasteiger partial charge in [0.1, 0.15) is 0 Å². The second-order valence-electron chi connectivity index (χ2n) is 4.98. The molecule has 6 N–H and O–H groups in total. The van der Waals surface area contributed by atoms with E-state index in [0.29, 0.717) is 0 Å². The van der Waals surface area contributed by atoms with Crippen LogP contribution in [0.25, 0.3) is 0 Å². The van der Waals surface area contributed by atoms with Crippen LogP contribution in [-0.4, -0.2) is 17.5 Å². The highest BCUT2D eigenvalue weighted by molar-refractivity contribution is 7.79. The van der Waals surface area contributed by atoms with Gasteiger partial charge in [0.25, 0.3) is 0 Å². The maximum absolute atomic E-state index is 8.74.